The molecule has 1 aliphatic heterocycles. The molecule has 0 aliphatic carbocycles. The first-order valence-electron chi connectivity index (χ1n) is 6.51. The summed E-state index contributed by atoms with van der Waals surface area (Å²) in [5.41, 5.74) is 0.591. The Bertz CT molecular complexity index is 479. The predicted molar refractivity (Wildman–Crippen MR) is 75.1 cm³/mol. The number of hydrogen-bond donors (Lipinski definition) is 2. The quantitative estimate of drug-likeness (QED) is 0.855. The van der Waals surface area contributed by atoms with E-state index in [1.54, 1.807) is 6.07 Å². The summed E-state index contributed by atoms with van der Waals surface area (Å²) >= 11 is 3.18. The Balaban J connectivity index is 2.23. The van der Waals surface area contributed by atoms with Crippen molar-refractivity contribution in [1.82, 2.24) is 10.2 Å². The van der Waals surface area contributed by atoms with E-state index in [2.05, 4.69) is 26.0 Å². The minimum Gasteiger partial charge on any atom is -0.406 e. The smallest absolute Gasteiger partial charge is 0.406 e. The van der Waals surface area contributed by atoms with Crippen LogP contribution in [0.25, 0.3) is 0 Å². The minimum atomic E-state index is -4.73. The third-order valence-electron chi connectivity index (χ3n) is 3.28. The zero-order chi connectivity index (χ0) is 15.5. The Morgan fingerprint density at radius 1 is 1.29 bits per heavy atom. The molecule has 1 atom stereocenters. The second-order valence-corrected chi connectivity index (χ2v) is 5.67. The molecule has 0 saturated carbocycles. The van der Waals surface area contributed by atoms with Crippen LogP contribution in [0.3, 0.4) is 0 Å². The fourth-order valence-electron chi connectivity index (χ4n) is 2.39. The van der Waals surface area contributed by atoms with Gasteiger partial charge in [0.25, 0.3) is 0 Å². The molecule has 0 aromatic heterocycles. The number of alkyl halides is 3. The van der Waals surface area contributed by atoms with Gasteiger partial charge in [0.2, 0.25) is 0 Å². The van der Waals surface area contributed by atoms with Crippen molar-refractivity contribution in [3.05, 3.63) is 28.2 Å². The number of halogens is 4. The van der Waals surface area contributed by atoms with Crippen molar-refractivity contribution >= 4 is 15.9 Å². The van der Waals surface area contributed by atoms with Crippen molar-refractivity contribution in [2.75, 3.05) is 32.8 Å². The van der Waals surface area contributed by atoms with Crippen LogP contribution in [-0.4, -0.2) is 49.2 Å². The maximum absolute atomic E-state index is 12.3. The van der Waals surface area contributed by atoms with Crippen molar-refractivity contribution in [1.29, 1.82) is 0 Å². The third kappa shape index (κ3) is 4.84. The van der Waals surface area contributed by atoms with Crippen molar-refractivity contribution < 1.29 is 23.0 Å². The number of aliphatic hydroxyl groups is 1. The lowest BCUT2D eigenvalue weighted by Gasteiger charge is -2.34. The summed E-state index contributed by atoms with van der Waals surface area (Å²) in [6.07, 6.45) is -4.73. The van der Waals surface area contributed by atoms with Crippen molar-refractivity contribution in [3.8, 4) is 5.75 Å². The molecule has 21 heavy (non-hydrogen) atoms. The van der Waals surface area contributed by atoms with E-state index in [9.17, 15) is 18.3 Å². The molecule has 1 fully saturated rings. The molecular weight excluding hydrogens is 353 g/mol. The summed E-state index contributed by atoms with van der Waals surface area (Å²) in [5, 5.41) is 12.8. The zero-order valence-electron chi connectivity index (χ0n) is 11.2. The molecular formula is C13H16BrF3N2O2. The van der Waals surface area contributed by atoms with Crippen molar-refractivity contribution in [3.63, 3.8) is 0 Å². The summed E-state index contributed by atoms with van der Waals surface area (Å²) in [7, 11) is 0. The van der Waals surface area contributed by atoms with Gasteiger partial charge in [-0.3, -0.25) is 4.90 Å². The van der Waals surface area contributed by atoms with Gasteiger partial charge in [-0.25, -0.2) is 0 Å². The SMILES string of the molecule is OC[C@@H](c1cc(Br)cc(OC(F)(F)F)c1)N1CCNCC1. The van der Waals surface area contributed by atoms with Gasteiger partial charge in [-0.2, -0.15) is 0 Å². The van der Waals surface area contributed by atoms with E-state index in [0.29, 0.717) is 10.0 Å². The standard InChI is InChI=1S/C13H16BrF3N2O2/c14-10-5-9(6-11(7-10)21-13(15,16)17)12(8-20)19-3-1-18-2-4-19/h5-7,12,18,20H,1-4,8H2/t12-/m0/s1. The number of piperazine rings is 1. The summed E-state index contributed by atoms with van der Waals surface area (Å²) in [5.74, 6) is -0.291. The van der Waals surface area contributed by atoms with Crippen LogP contribution in [0.4, 0.5) is 13.2 Å². The van der Waals surface area contributed by atoms with Gasteiger partial charge in [-0.05, 0) is 23.8 Å². The molecule has 1 saturated heterocycles. The van der Waals surface area contributed by atoms with Gasteiger partial charge in [0, 0.05) is 30.7 Å². The fourth-order valence-corrected chi connectivity index (χ4v) is 2.88. The average molecular weight is 369 g/mol. The van der Waals surface area contributed by atoms with Crippen LogP contribution in [0.2, 0.25) is 0 Å². The van der Waals surface area contributed by atoms with Gasteiger partial charge >= 0.3 is 6.36 Å². The Hall–Kier alpha value is -0.830. The van der Waals surface area contributed by atoms with E-state index < -0.39 is 6.36 Å². The molecule has 0 radical (unpaired) electrons. The van der Waals surface area contributed by atoms with E-state index >= 15 is 0 Å². The van der Waals surface area contributed by atoms with Crippen LogP contribution < -0.4 is 10.1 Å². The highest BCUT2D eigenvalue weighted by molar-refractivity contribution is 9.10. The van der Waals surface area contributed by atoms with E-state index in [-0.39, 0.29) is 18.4 Å². The van der Waals surface area contributed by atoms with Gasteiger partial charge in [0.05, 0.1) is 12.6 Å². The lowest BCUT2D eigenvalue weighted by Crippen LogP contribution is -2.46. The molecule has 0 spiro atoms. The molecule has 1 aromatic rings. The fraction of sp³-hybridized carbons (Fsp3) is 0.538. The minimum absolute atomic E-state index is 0.165. The number of rotatable bonds is 4. The maximum Gasteiger partial charge on any atom is 0.573 e. The molecule has 4 nitrogen and oxygen atoms in total. The van der Waals surface area contributed by atoms with Crippen LogP contribution in [0.1, 0.15) is 11.6 Å². The molecule has 0 amide bonds. The van der Waals surface area contributed by atoms with E-state index in [4.69, 9.17) is 0 Å². The first kappa shape index (κ1) is 16.5. The van der Waals surface area contributed by atoms with Crippen LogP contribution in [0, 0.1) is 0 Å². The normalized spacial score (nSPS) is 18.5. The molecule has 8 heteroatoms. The number of aliphatic hydroxyl groups excluding tert-OH is 1. The Morgan fingerprint density at radius 3 is 2.52 bits per heavy atom. The molecule has 1 heterocycles. The second kappa shape index (κ2) is 6.95. The molecule has 0 bridgehead atoms. The van der Waals surface area contributed by atoms with Crippen LogP contribution >= 0.6 is 15.9 Å². The van der Waals surface area contributed by atoms with Crippen molar-refractivity contribution in [2.45, 2.75) is 12.4 Å². The molecule has 2 N–H and O–H groups in total. The number of nitrogens with zero attached hydrogens (tertiary/aromatic N) is 1. The third-order valence-corrected chi connectivity index (χ3v) is 3.74. The summed E-state index contributed by atoms with van der Waals surface area (Å²) < 4.78 is 41.5. The van der Waals surface area contributed by atoms with Crippen LogP contribution in [0.5, 0.6) is 5.75 Å². The number of hydrogen-bond acceptors (Lipinski definition) is 4. The molecule has 0 unspecified atom stereocenters. The topological polar surface area (TPSA) is 44.7 Å². The van der Waals surface area contributed by atoms with E-state index in [0.717, 1.165) is 26.2 Å². The Morgan fingerprint density at radius 2 is 1.95 bits per heavy atom. The molecule has 2 rings (SSSR count). The number of benzene rings is 1. The lowest BCUT2D eigenvalue weighted by atomic mass is 10.0. The monoisotopic (exact) mass is 368 g/mol. The second-order valence-electron chi connectivity index (χ2n) is 4.75. The molecule has 1 aromatic carbocycles. The first-order chi connectivity index (χ1) is 9.89. The van der Waals surface area contributed by atoms with Gasteiger partial charge in [0.15, 0.2) is 0 Å². The van der Waals surface area contributed by atoms with Gasteiger partial charge in [-0.15, -0.1) is 13.2 Å². The zero-order valence-corrected chi connectivity index (χ0v) is 12.7. The number of nitrogens with one attached hydrogen (secondary N) is 1. The average Bonchev–Trinajstić information content (AvgIpc) is 2.38. The van der Waals surface area contributed by atoms with E-state index in [1.165, 1.54) is 12.1 Å². The molecule has 118 valence electrons. The Kier molecular flexibility index (Phi) is 5.48. The number of ether oxygens (including phenoxy) is 1. The summed E-state index contributed by atoms with van der Waals surface area (Å²) in [6.45, 7) is 2.87. The Labute approximate surface area is 129 Å². The van der Waals surface area contributed by atoms with Crippen LogP contribution in [0.15, 0.2) is 22.7 Å². The summed E-state index contributed by atoms with van der Waals surface area (Å²) in [6, 6.07) is 3.93. The van der Waals surface area contributed by atoms with Crippen LogP contribution in [-0.2, 0) is 0 Å². The molecule has 1 aliphatic rings. The van der Waals surface area contributed by atoms with E-state index in [1.807, 2.05) is 4.90 Å². The van der Waals surface area contributed by atoms with Crippen molar-refractivity contribution in [2.24, 2.45) is 0 Å². The highest BCUT2D eigenvalue weighted by atomic mass is 79.9. The lowest BCUT2D eigenvalue weighted by molar-refractivity contribution is -0.274. The largest absolute Gasteiger partial charge is 0.573 e. The summed E-state index contributed by atoms with van der Waals surface area (Å²) in [4.78, 5) is 2.04. The first-order valence-corrected chi connectivity index (χ1v) is 7.30. The highest BCUT2D eigenvalue weighted by Gasteiger charge is 2.32. The predicted octanol–water partition coefficient (Wildman–Crippen LogP) is 2.29. The van der Waals surface area contributed by atoms with Gasteiger partial charge in [0.1, 0.15) is 5.75 Å². The van der Waals surface area contributed by atoms with Gasteiger partial charge in [-0.1, -0.05) is 15.9 Å². The highest BCUT2D eigenvalue weighted by Crippen LogP contribution is 2.31. The van der Waals surface area contributed by atoms with Gasteiger partial charge < -0.3 is 15.2 Å². The maximum atomic E-state index is 12.3.